The van der Waals surface area contributed by atoms with Gasteiger partial charge < -0.3 is 4.74 Å². The molecule has 0 radical (unpaired) electrons. The standard InChI is InChI=1S/C17H17ClN2O2/c1-10-11-7-8-17(10,14-6-4-3-5-12(11)14)22-16(21)13-9-19-20(2)15(13)18/h3-6,9-11H,7-8H2,1-2H3. The van der Waals surface area contributed by atoms with Crippen LogP contribution in [0.4, 0.5) is 0 Å². The lowest BCUT2D eigenvalue weighted by molar-refractivity contribution is -0.0355. The molecule has 2 aliphatic carbocycles. The largest absolute Gasteiger partial charge is 0.450 e. The van der Waals surface area contributed by atoms with Crippen molar-refractivity contribution in [3.05, 3.63) is 52.3 Å². The van der Waals surface area contributed by atoms with Gasteiger partial charge in [0.1, 0.15) is 16.3 Å². The van der Waals surface area contributed by atoms with Gasteiger partial charge in [0, 0.05) is 13.0 Å². The molecule has 1 aromatic heterocycles. The second-order valence-corrected chi connectivity index (χ2v) is 6.63. The monoisotopic (exact) mass is 316 g/mol. The lowest BCUT2D eigenvalue weighted by atomic mass is 9.88. The fourth-order valence-electron chi connectivity index (χ4n) is 4.16. The van der Waals surface area contributed by atoms with Gasteiger partial charge in [0.05, 0.1) is 6.20 Å². The molecule has 0 saturated heterocycles. The van der Waals surface area contributed by atoms with Crippen LogP contribution in [0.3, 0.4) is 0 Å². The van der Waals surface area contributed by atoms with E-state index in [1.54, 1.807) is 7.05 Å². The number of aromatic nitrogens is 2. The van der Waals surface area contributed by atoms with Crippen molar-refractivity contribution in [1.29, 1.82) is 0 Å². The van der Waals surface area contributed by atoms with Gasteiger partial charge >= 0.3 is 5.97 Å². The fraction of sp³-hybridized carbons (Fsp3) is 0.412. The van der Waals surface area contributed by atoms with Gasteiger partial charge in [-0.1, -0.05) is 42.8 Å². The van der Waals surface area contributed by atoms with Gasteiger partial charge in [0.2, 0.25) is 0 Å². The molecule has 4 rings (SSSR count). The van der Waals surface area contributed by atoms with Crippen LogP contribution in [0, 0.1) is 5.92 Å². The van der Waals surface area contributed by atoms with E-state index in [-0.39, 0.29) is 5.97 Å². The van der Waals surface area contributed by atoms with Gasteiger partial charge in [-0.15, -0.1) is 0 Å². The van der Waals surface area contributed by atoms with Gasteiger partial charge in [-0.3, -0.25) is 4.68 Å². The number of hydrogen-bond donors (Lipinski definition) is 0. The predicted molar refractivity (Wildman–Crippen MR) is 82.9 cm³/mol. The Kier molecular flexibility index (Phi) is 2.89. The van der Waals surface area contributed by atoms with E-state index >= 15 is 0 Å². The minimum atomic E-state index is -0.516. The molecular formula is C17H17ClN2O2. The highest BCUT2D eigenvalue weighted by Gasteiger charge is 2.57. The van der Waals surface area contributed by atoms with Crippen LogP contribution in [0.25, 0.3) is 0 Å². The maximum absolute atomic E-state index is 12.6. The molecule has 0 aliphatic heterocycles. The summed E-state index contributed by atoms with van der Waals surface area (Å²) < 4.78 is 7.50. The van der Waals surface area contributed by atoms with E-state index < -0.39 is 5.60 Å². The summed E-state index contributed by atoms with van der Waals surface area (Å²) in [4.78, 5) is 12.6. The number of nitrogens with zero attached hydrogens (tertiary/aromatic N) is 2. The van der Waals surface area contributed by atoms with Crippen LogP contribution in [-0.2, 0) is 17.4 Å². The van der Waals surface area contributed by atoms with Gasteiger partial charge in [-0.05, 0) is 29.9 Å². The molecule has 3 unspecified atom stereocenters. The highest BCUT2D eigenvalue weighted by Crippen LogP contribution is 2.61. The lowest BCUT2D eigenvalue weighted by Gasteiger charge is -2.31. The smallest absolute Gasteiger partial charge is 0.343 e. The first-order valence-electron chi connectivity index (χ1n) is 7.55. The molecule has 22 heavy (non-hydrogen) atoms. The quantitative estimate of drug-likeness (QED) is 0.794. The van der Waals surface area contributed by atoms with Crippen LogP contribution in [0.5, 0.6) is 0 Å². The molecule has 114 valence electrons. The van der Waals surface area contributed by atoms with E-state index in [0.717, 1.165) is 18.4 Å². The van der Waals surface area contributed by atoms with Crippen LogP contribution in [0.2, 0.25) is 5.15 Å². The third-order valence-electron chi connectivity index (χ3n) is 5.34. The van der Waals surface area contributed by atoms with Gasteiger partial charge in [0.15, 0.2) is 0 Å². The summed E-state index contributed by atoms with van der Waals surface area (Å²) in [5, 5.41) is 4.33. The van der Waals surface area contributed by atoms with Crippen LogP contribution < -0.4 is 0 Å². The summed E-state index contributed by atoms with van der Waals surface area (Å²) in [6, 6.07) is 8.31. The first-order valence-corrected chi connectivity index (χ1v) is 7.92. The summed E-state index contributed by atoms with van der Waals surface area (Å²) in [7, 11) is 1.70. The minimum absolute atomic E-state index is 0.296. The van der Waals surface area contributed by atoms with Crippen molar-refractivity contribution in [2.45, 2.75) is 31.3 Å². The van der Waals surface area contributed by atoms with Crippen molar-refractivity contribution in [2.24, 2.45) is 13.0 Å². The number of rotatable bonds is 2. The third-order valence-corrected chi connectivity index (χ3v) is 5.79. The van der Waals surface area contributed by atoms with Crippen molar-refractivity contribution < 1.29 is 9.53 Å². The summed E-state index contributed by atoms with van der Waals surface area (Å²) >= 11 is 6.12. The highest BCUT2D eigenvalue weighted by atomic mass is 35.5. The van der Waals surface area contributed by atoms with E-state index in [4.69, 9.17) is 16.3 Å². The molecule has 1 saturated carbocycles. The molecule has 2 aliphatic rings. The Labute approximate surface area is 134 Å². The van der Waals surface area contributed by atoms with Crippen LogP contribution in [0.15, 0.2) is 30.5 Å². The average molecular weight is 317 g/mol. The van der Waals surface area contributed by atoms with Crippen LogP contribution in [-0.4, -0.2) is 15.7 Å². The zero-order valence-corrected chi connectivity index (χ0v) is 13.3. The summed E-state index contributed by atoms with van der Waals surface area (Å²) in [5.74, 6) is 0.389. The summed E-state index contributed by atoms with van der Waals surface area (Å²) in [6.45, 7) is 2.18. The Hall–Kier alpha value is -1.81. The number of ether oxygens (including phenoxy) is 1. The van der Waals surface area contributed by atoms with Crippen molar-refractivity contribution in [3.8, 4) is 0 Å². The molecule has 1 fully saturated rings. The summed E-state index contributed by atoms with van der Waals surface area (Å²) in [5.41, 5.74) is 2.30. The molecule has 1 aromatic carbocycles. The molecule has 0 amide bonds. The summed E-state index contributed by atoms with van der Waals surface area (Å²) in [6.07, 6.45) is 3.41. The Bertz CT molecular complexity index is 770. The number of halogens is 1. The maximum Gasteiger partial charge on any atom is 0.343 e. The third kappa shape index (κ3) is 1.64. The Morgan fingerprint density at radius 1 is 1.45 bits per heavy atom. The number of benzene rings is 1. The number of carbonyl (C=O) groups excluding carboxylic acids is 1. The predicted octanol–water partition coefficient (Wildman–Crippen LogP) is 3.65. The van der Waals surface area contributed by atoms with Crippen molar-refractivity contribution >= 4 is 17.6 Å². The number of aryl methyl sites for hydroxylation is 1. The molecule has 0 N–H and O–H groups in total. The topological polar surface area (TPSA) is 44.1 Å². The second kappa shape index (κ2) is 4.59. The molecule has 2 aromatic rings. The number of fused-ring (bicyclic) bond motifs is 5. The zero-order chi connectivity index (χ0) is 15.5. The van der Waals surface area contributed by atoms with Crippen LogP contribution >= 0.6 is 11.6 Å². The fourth-order valence-corrected chi connectivity index (χ4v) is 4.33. The highest BCUT2D eigenvalue weighted by molar-refractivity contribution is 6.32. The molecule has 4 nitrogen and oxygen atoms in total. The number of hydrogen-bond acceptors (Lipinski definition) is 3. The van der Waals surface area contributed by atoms with Gasteiger partial charge in [0.25, 0.3) is 0 Å². The van der Waals surface area contributed by atoms with Crippen molar-refractivity contribution in [2.75, 3.05) is 0 Å². The molecule has 3 atom stereocenters. The SMILES string of the molecule is CC1C2CCC1(OC(=O)c1cnn(C)c1Cl)c1ccccc12. The van der Waals surface area contributed by atoms with E-state index in [0.29, 0.717) is 22.6 Å². The zero-order valence-electron chi connectivity index (χ0n) is 12.5. The normalized spacial score (nSPS) is 28.7. The Morgan fingerprint density at radius 2 is 2.23 bits per heavy atom. The Morgan fingerprint density at radius 3 is 2.95 bits per heavy atom. The molecule has 0 spiro atoms. The molecular weight excluding hydrogens is 300 g/mol. The lowest BCUT2D eigenvalue weighted by Crippen LogP contribution is -2.33. The van der Waals surface area contributed by atoms with Crippen LogP contribution in [0.1, 0.15) is 47.2 Å². The number of carbonyl (C=O) groups is 1. The first kappa shape index (κ1) is 13.8. The molecule has 1 heterocycles. The minimum Gasteiger partial charge on any atom is -0.450 e. The van der Waals surface area contributed by atoms with E-state index in [1.807, 2.05) is 6.07 Å². The van der Waals surface area contributed by atoms with Gasteiger partial charge in [-0.25, -0.2) is 4.79 Å². The molecule has 2 bridgehead atoms. The van der Waals surface area contributed by atoms with Crippen molar-refractivity contribution in [1.82, 2.24) is 9.78 Å². The van der Waals surface area contributed by atoms with E-state index in [2.05, 4.69) is 30.2 Å². The Balaban J connectivity index is 1.73. The average Bonchev–Trinajstić information content (AvgIpc) is 3.09. The number of esters is 1. The van der Waals surface area contributed by atoms with E-state index in [9.17, 15) is 4.79 Å². The van der Waals surface area contributed by atoms with Gasteiger partial charge in [-0.2, -0.15) is 5.10 Å². The maximum atomic E-state index is 12.6. The van der Waals surface area contributed by atoms with E-state index in [1.165, 1.54) is 16.4 Å². The first-order chi connectivity index (χ1) is 10.5. The second-order valence-electron chi connectivity index (χ2n) is 6.27. The van der Waals surface area contributed by atoms with Crippen molar-refractivity contribution in [3.63, 3.8) is 0 Å². The molecule has 5 heteroatoms.